The molecule has 31 heavy (non-hydrogen) atoms. The molecular weight excluding hydrogens is 462 g/mol. The number of rotatable bonds is 7. The second-order valence-electron chi connectivity index (χ2n) is 7.11. The zero-order valence-electron chi connectivity index (χ0n) is 16.8. The Labute approximate surface area is 190 Å². The number of nitrogens with one attached hydrogen (secondary N) is 1. The van der Waals surface area contributed by atoms with Gasteiger partial charge >= 0.3 is 0 Å². The number of non-ortho nitro benzene ring substituents is 1. The Morgan fingerprint density at radius 1 is 1.16 bits per heavy atom. The second kappa shape index (κ2) is 9.99. The Bertz CT molecular complexity index is 1070. The zero-order valence-corrected chi connectivity index (χ0v) is 19.2. The number of sulfonamides is 1. The molecule has 11 heteroatoms. The van der Waals surface area contributed by atoms with Crippen LogP contribution in [0, 0.1) is 10.1 Å². The average Bonchev–Trinajstić information content (AvgIpc) is 2.76. The third-order valence-electron chi connectivity index (χ3n) is 4.86. The van der Waals surface area contributed by atoms with Gasteiger partial charge in [0.15, 0.2) is 0 Å². The SMILES string of the molecule is CC(Sc1ccc([N+](=O)[O-])cc1)C(=O)Nc1ccc(Cl)c(S(=O)(=O)N2CCCCC2)c1. The number of anilines is 1. The number of thioether (sulfide) groups is 1. The van der Waals surface area contributed by atoms with Crippen LogP contribution >= 0.6 is 23.4 Å². The predicted molar refractivity (Wildman–Crippen MR) is 121 cm³/mol. The van der Waals surface area contributed by atoms with Crippen molar-refractivity contribution in [2.45, 2.75) is 41.2 Å². The number of nitro benzene ring substituents is 1. The van der Waals surface area contributed by atoms with Gasteiger partial charge in [-0.2, -0.15) is 4.31 Å². The van der Waals surface area contributed by atoms with Crippen LogP contribution < -0.4 is 5.32 Å². The Morgan fingerprint density at radius 2 is 1.81 bits per heavy atom. The van der Waals surface area contributed by atoms with Crippen molar-refractivity contribution in [3.05, 3.63) is 57.6 Å². The lowest BCUT2D eigenvalue weighted by atomic mass is 10.2. The van der Waals surface area contributed by atoms with Crippen LogP contribution in [-0.2, 0) is 14.8 Å². The minimum absolute atomic E-state index is 0.0231. The molecule has 0 aliphatic carbocycles. The molecule has 1 fully saturated rings. The molecule has 1 N–H and O–H groups in total. The molecule has 2 aromatic rings. The molecule has 0 aromatic heterocycles. The van der Waals surface area contributed by atoms with Crippen LogP contribution in [0.25, 0.3) is 0 Å². The number of piperidine rings is 1. The van der Waals surface area contributed by atoms with Gasteiger partial charge in [-0.05, 0) is 50.1 Å². The molecule has 1 amide bonds. The molecule has 166 valence electrons. The van der Waals surface area contributed by atoms with E-state index in [9.17, 15) is 23.3 Å². The molecule has 1 atom stereocenters. The fourth-order valence-electron chi connectivity index (χ4n) is 3.17. The highest BCUT2D eigenvalue weighted by molar-refractivity contribution is 8.00. The van der Waals surface area contributed by atoms with Crippen LogP contribution in [0.2, 0.25) is 5.02 Å². The lowest BCUT2D eigenvalue weighted by molar-refractivity contribution is -0.384. The summed E-state index contributed by atoms with van der Waals surface area (Å²) in [6.07, 6.45) is 2.62. The first-order valence-electron chi connectivity index (χ1n) is 9.70. The summed E-state index contributed by atoms with van der Waals surface area (Å²) < 4.78 is 27.4. The summed E-state index contributed by atoms with van der Waals surface area (Å²) in [5.74, 6) is -0.327. The maximum absolute atomic E-state index is 13.0. The first-order chi connectivity index (χ1) is 14.7. The molecule has 1 heterocycles. The standard InChI is InChI=1S/C20H22ClN3O5S2/c1-14(30-17-8-6-16(7-9-17)24(26)27)20(25)22-15-5-10-18(21)19(13-15)31(28,29)23-11-3-2-4-12-23/h5-10,13-14H,2-4,11-12H2,1H3,(H,22,25). The monoisotopic (exact) mass is 483 g/mol. The van der Waals surface area contributed by atoms with E-state index in [0.29, 0.717) is 23.7 Å². The van der Waals surface area contributed by atoms with Gasteiger partial charge in [-0.1, -0.05) is 18.0 Å². The minimum Gasteiger partial charge on any atom is -0.325 e. The summed E-state index contributed by atoms with van der Waals surface area (Å²) in [6.45, 7) is 2.61. The molecule has 0 radical (unpaired) electrons. The Kier molecular flexibility index (Phi) is 7.58. The van der Waals surface area contributed by atoms with Crippen molar-refractivity contribution >= 4 is 50.7 Å². The highest BCUT2D eigenvalue weighted by Gasteiger charge is 2.28. The van der Waals surface area contributed by atoms with Gasteiger partial charge in [0.2, 0.25) is 15.9 Å². The van der Waals surface area contributed by atoms with Crippen LogP contribution in [0.4, 0.5) is 11.4 Å². The number of amides is 1. The number of carbonyl (C=O) groups is 1. The first-order valence-corrected chi connectivity index (χ1v) is 12.4. The fraction of sp³-hybridized carbons (Fsp3) is 0.350. The lowest BCUT2D eigenvalue weighted by Gasteiger charge is -2.26. The quantitative estimate of drug-likeness (QED) is 0.351. The molecule has 1 unspecified atom stereocenters. The van der Waals surface area contributed by atoms with Crippen LogP contribution in [-0.4, -0.2) is 41.9 Å². The third kappa shape index (κ3) is 5.76. The molecule has 1 aliphatic rings. The molecule has 0 spiro atoms. The van der Waals surface area contributed by atoms with Crippen molar-refractivity contribution in [2.75, 3.05) is 18.4 Å². The summed E-state index contributed by atoms with van der Waals surface area (Å²) in [5, 5.41) is 13.1. The fourth-order valence-corrected chi connectivity index (χ4v) is 6.06. The highest BCUT2D eigenvalue weighted by Crippen LogP contribution is 2.30. The van der Waals surface area contributed by atoms with Crippen LogP contribution in [0.1, 0.15) is 26.2 Å². The smallest absolute Gasteiger partial charge is 0.269 e. The van der Waals surface area contributed by atoms with Crippen molar-refractivity contribution in [3.63, 3.8) is 0 Å². The topological polar surface area (TPSA) is 110 Å². The summed E-state index contributed by atoms with van der Waals surface area (Å²) >= 11 is 7.41. The summed E-state index contributed by atoms with van der Waals surface area (Å²) in [5.41, 5.74) is 0.311. The number of hydrogen-bond donors (Lipinski definition) is 1. The van der Waals surface area contributed by atoms with E-state index >= 15 is 0 Å². The van der Waals surface area contributed by atoms with Crippen LogP contribution in [0.3, 0.4) is 0 Å². The molecule has 0 saturated carbocycles. The van der Waals surface area contributed by atoms with Crippen LogP contribution in [0.5, 0.6) is 0 Å². The number of halogens is 1. The molecular formula is C20H22ClN3O5S2. The van der Waals surface area contributed by atoms with Crippen molar-refractivity contribution < 1.29 is 18.1 Å². The largest absolute Gasteiger partial charge is 0.325 e. The number of hydrogen-bond acceptors (Lipinski definition) is 6. The number of benzene rings is 2. The Balaban J connectivity index is 1.71. The van der Waals surface area contributed by atoms with E-state index in [-0.39, 0.29) is 21.5 Å². The number of nitro groups is 1. The molecule has 3 rings (SSSR count). The van der Waals surface area contributed by atoms with E-state index < -0.39 is 20.2 Å². The summed E-state index contributed by atoms with van der Waals surface area (Å²) in [4.78, 5) is 23.6. The normalized spacial score (nSPS) is 15.9. The molecule has 1 saturated heterocycles. The van der Waals surface area contributed by atoms with E-state index in [2.05, 4.69) is 5.32 Å². The van der Waals surface area contributed by atoms with E-state index in [1.54, 1.807) is 25.1 Å². The average molecular weight is 484 g/mol. The summed E-state index contributed by atoms with van der Waals surface area (Å²) in [7, 11) is -3.74. The second-order valence-corrected chi connectivity index (χ2v) is 10.8. The van der Waals surface area contributed by atoms with Crippen molar-refractivity contribution in [3.8, 4) is 0 Å². The highest BCUT2D eigenvalue weighted by atomic mass is 35.5. The zero-order chi connectivity index (χ0) is 22.6. The molecule has 2 aromatic carbocycles. The Hall–Kier alpha value is -2.14. The van der Waals surface area contributed by atoms with Gasteiger partial charge in [-0.15, -0.1) is 11.8 Å². The van der Waals surface area contributed by atoms with Gasteiger partial charge in [-0.3, -0.25) is 14.9 Å². The number of nitrogens with zero attached hydrogens (tertiary/aromatic N) is 2. The Morgan fingerprint density at radius 3 is 2.42 bits per heavy atom. The molecule has 0 bridgehead atoms. The van der Waals surface area contributed by atoms with E-state index in [1.165, 1.54) is 40.3 Å². The molecule has 1 aliphatic heterocycles. The van der Waals surface area contributed by atoms with Crippen molar-refractivity contribution in [1.82, 2.24) is 4.31 Å². The van der Waals surface area contributed by atoms with Gasteiger partial charge < -0.3 is 5.32 Å². The molecule has 8 nitrogen and oxygen atoms in total. The van der Waals surface area contributed by atoms with Gasteiger partial charge in [0.25, 0.3) is 5.69 Å². The van der Waals surface area contributed by atoms with Crippen molar-refractivity contribution in [2.24, 2.45) is 0 Å². The van der Waals surface area contributed by atoms with E-state index in [4.69, 9.17) is 11.6 Å². The van der Waals surface area contributed by atoms with E-state index in [1.807, 2.05) is 0 Å². The maximum atomic E-state index is 13.0. The van der Waals surface area contributed by atoms with Crippen LogP contribution in [0.15, 0.2) is 52.3 Å². The predicted octanol–water partition coefficient (Wildman–Crippen LogP) is 4.54. The first kappa shape index (κ1) is 23.5. The lowest BCUT2D eigenvalue weighted by Crippen LogP contribution is -2.35. The van der Waals surface area contributed by atoms with Gasteiger partial charge in [0, 0.05) is 35.8 Å². The maximum Gasteiger partial charge on any atom is 0.269 e. The van der Waals surface area contributed by atoms with Gasteiger partial charge in [0.05, 0.1) is 15.2 Å². The third-order valence-corrected chi connectivity index (χ3v) is 8.35. The van der Waals surface area contributed by atoms with E-state index in [0.717, 1.165) is 19.3 Å². The summed E-state index contributed by atoms with van der Waals surface area (Å²) in [6, 6.07) is 10.3. The van der Waals surface area contributed by atoms with Gasteiger partial charge in [0.1, 0.15) is 4.90 Å². The minimum atomic E-state index is -3.74. The van der Waals surface area contributed by atoms with Crippen molar-refractivity contribution in [1.29, 1.82) is 0 Å². The van der Waals surface area contributed by atoms with Gasteiger partial charge in [-0.25, -0.2) is 8.42 Å². The number of carbonyl (C=O) groups excluding carboxylic acids is 1.